The molecule has 10 heteroatoms. The van der Waals surface area contributed by atoms with Crippen molar-refractivity contribution in [3.05, 3.63) is 66.0 Å². The Hall–Kier alpha value is -3.72. The Balaban J connectivity index is 1.63. The van der Waals surface area contributed by atoms with Gasteiger partial charge in [0, 0.05) is 59.8 Å². The van der Waals surface area contributed by atoms with Gasteiger partial charge in [-0.25, -0.2) is 24.1 Å². The molecule has 2 atom stereocenters. The number of ether oxygens (including phenoxy) is 1. The lowest BCUT2D eigenvalue weighted by Gasteiger charge is -2.44. The van der Waals surface area contributed by atoms with Crippen LogP contribution in [-0.4, -0.2) is 61.3 Å². The first kappa shape index (κ1) is 25.9. The van der Waals surface area contributed by atoms with Gasteiger partial charge in [-0.3, -0.25) is 4.57 Å². The second-order valence-corrected chi connectivity index (χ2v) is 11.0. The van der Waals surface area contributed by atoms with Crippen LogP contribution in [0.1, 0.15) is 34.6 Å². The molecule has 198 valence electrons. The van der Waals surface area contributed by atoms with Crippen LogP contribution >= 0.6 is 11.6 Å². The molecule has 1 aliphatic rings. The summed E-state index contributed by atoms with van der Waals surface area (Å²) in [6.07, 6.45) is 4.61. The summed E-state index contributed by atoms with van der Waals surface area (Å²) in [6.45, 7) is 10.6. The minimum atomic E-state index is -0.581. The van der Waals surface area contributed by atoms with Gasteiger partial charge < -0.3 is 14.5 Å². The van der Waals surface area contributed by atoms with E-state index in [-0.39, 0.29) is 24.0 Å². The molecular formula is C28H30ClFN6O2. The summed E-state index contributed by atoms with van der Waals surface area (Å²) in [5.41, 5.74) is 1.08. The van der Waals surface area contributed by atoms with Gasteiger partial charge in [0.1, 0.15) is 29.4 Å². The second-order valence-electron chi connectivity index (χ2n) is 10.6. The summed E-state index contributed by atoms with van der Waals surface area (Å²) in [5, 5.41) is 1.23. The number of benzene rings is 1. The Kier molecular flexibility index (Phi) is 6.73. The third-order valence-corrected chi connectivity index (χ3v) is 6.80. The van der Waals surface area contributed by atoms with Crippen LogP contribution in [0, 0.1) is 5.82 Å². The summed E-state index contributed by atoms with van der Waals surface area (Å²) in [6, 6.07) is 9.84. The average Bonchev–Trinajstić information content (AvgIpc) is 3.24. The van der Waals surface area contributed by atoms with Crippen molar-refractivity contribution in [3.8, 4) is 16.9 Å². The van der Waals surface area contributed by atoms with Gasteiger partial charge in [0.15, 0.2) is 5.65 Å². The van der Waals surface area contributed by atoms with Crippen molar-refractivity contribution >= 4 is 34.5 Å². The molecule has 1 amide bonds. The first-order valence-corrected chi connectivity index (χ1v) is 12.9. The molecule has 0 saturated carbocycles. The fraction of sp³-hybridized carbons (Fsp3) is 0.357. The van der Waals surface area contributed by atoms with E-state index in [0.29, 0.717) is 51.9 Å². The molecule has 3 aromatic heterocycles. The summed E-state index contributed by atoms with van der Waals surface area (Å²) in [5.74, 6) is 0.875. The quantitative estimate of drug-likeness (QED) is 0.314. The Bertz CT molecular complexity index is 1500. The number of rotatable bonds is 3. The second kappa shape index (κ2) is 9.87. The first-order valence-electron chi connectivity index (χ1n) is 12.5. The zero-order chi connectivity index (χ0) is 27.2. The van der Waals surface area contributed by atoms with Crippen LogP contribution in [0.4, 0.5) is 15.0 Å². The monoisotopic (exact) mass is 536 g/mol. The summed E-state index contributed by atoms with van der Waals surface area (Å²) in [7, 11) is 0. The maximum atomic E-state index is 15.1. The van der Waals surface area contributed by atoms with E-state index in [1.165, 1.54) is 12.4 Å². The molecule has 0 unspecified atom stereocenters. The molecule has 0 bridgehead atoms. The van der Waals surface area contributed by atoms with E-state index in [9.17, 15) is 4.79 Å². The minimum Gasteiger partial charge on any atom is -0.444 e. The predicted octanol–water partition coefficient (Wildman–Crippen LogP) is 6.11. The molecular weight excluding hydrogens is 507 g/mol. The number of fused-ring (bicyclic) bond motifs is 1. The summed E-state index contributed by atoms with van der Waals surface area (Å²) in [4.78, 5) is 30.5. The van der Waals surface area contributed by atoms with Crippen LogP contribution in [0.3, 0.4) is 0 Å². The zero-order valence-corrected chi connectivity index (χ0v) is 22.8. The number of pyridine rings is 1. The number of nitrogens with zero attached hydrogens (tertiary/aromatic N) is 6. The maximum absolute atomic E-state index is 15.1. The molecule has 8 nitrogen and oxygen atoms in total. The lowest BCUT2D eigenvalue weighted by molar-refractivity contribution is 0.0130. The van der Waals surface area contributed by atoms with Crippen molar-refractivity contribution in [2.24, 2.45) is 0 Å². The normalized spacial score (nSPS) is 18.2. The summed E-state index contributed by atoms with van der Waals surface area (Å²) >= 11 is 6.27. The van der Waals surface area contributed by atoms with E-state index in [1.54, 1.807) is 46.0 Å². The van der Waals surface area contributed by atoms with Crippen LogP contribution in [0.5, 0.6) is 0 Å². The highest BCUT2D eigenvalue weighted by molar-refractivity contribution is 6.30. The smallest absolute Gasteiger partial charge is 0.410 e. The van der Waals surface area contributed by atoms with Crippen LogP contribution in [0.15, 0.2) is 55.1 Å². The number of amides is 1. The molecule has 4 heterocycles. The van der Waals surface area contributed by atoms with Gasteiger partial charge in [0.25, 0.3) is 0 Å². The van der Waals surface area contributed by atoms with E-state index in [4.69, 9.17) is 16.3 Å². The van der Waals surface area contributed by atoms with Gasteiger partial charge in [0.2, 0.25) is 0 Å². The number of piperazine rings is 1. The molecule has 1 saturated heterocycles. The maximum Gasteiger partial charge on any atom is 0.410 e. The van der Waals surface area contributed by atoms with Crippen molar-refractivity contribution in [2.45, 2.75) is 52.3 Å². The van der Waals surface area contributed by atoms with Gasteiger partial charge >= 0.3 is 6.09 Å². The molecule has 0 N–H and O–H groups in total. The van der Waals surface area contributed by atoms with Gasteiger partial charge in [-0.1, -0.05) is 29.8 Å². The minimum absolute atomic E-state index is 0.0852. The molecule has 1 aromatic carbocycles. The van der Waals surface area contributed by atoms with Gasteiger partial charge in [-0.2, -0.15) is 0 Å². The first-order chi connectivity index (χ1) is 18.0. The molecule has 1 aliphatic heterocycles. The van der Waals surface area contributed by atoms with E-state index >= 15 is 4.39 Å². The average molecular weight is 537 g/mol. The van der Waals surface area contributed by atoms with Crippen LogP contribution in [0.2, 0.25) is 5.02 Å². The summed E-state index contributed by atoms with van der Waals surface area (Å²) < 4.78 is 22.6. The Labute approximate surface area is 226 Å². The fourth-order valence-corrected chi connectivity index (χ4v) is 5.00. The molecule has 0 radical (unpaired) electrons. The standard InChI is InChI=1S/C28H30ClFN6O2/c1-17-14-35(27(37)38-28(3,4)5)18(2)13-34(17)25-24-21(20-8-6-7-9-22(20)30)15-36(26(24)33-16-32-25)23-12-19(29)10-11-31-23/h6-12,15-18H,13-14H2,1-5H3/t17-,18+/m0/s1. The topological polar surface area (TPSA) is 76.4 Å². The van der Waals surface area contributed by atoms with Gasteiger partial charge in [-0.05, 0) is 46.8 Å². The molecule has 0 aliphatic carbocycles. The Morgan fingerprint density at radius 1 is 1.05 bits per heavy atom. The predicted molar refractivity (Wildman–Crippen MR) is 146 cm³/mol. The van der Waals surface area contributed by atoms with Crippen molar-refractivity contribution < 1.29 is 13.9 Å². The highest BCUT2D eigenvalue weighted by atomic mass is 35.5. The van der Waals surface area contributed by atoms with Crippen molar-refractivity contribution in [3.63, 3.8) is 0 Å². The van der Waals surface area contributed by atoms with Gasteiger partial charge in [0.05, 0.1) is 5.39 Å². The lowest BCUT2D eigenvalue weighted by Crippen LogP contribution is -2.59. The third-order valence-electron chi connectivity index (χ3n) is 6.57. The number of carbonyl (C=O) groups excluding carboxylic acids is 1. The van der Waals surface area contributed by atoms with E-state index < -0.39 is 5.60 Å². The van der Waals surface area contributed by atoms with Crippen LogP contribution < -0.4 is 4.90 Å². The number of carbonyl (C=O) groups is 1. The molecule has 4 aromatic rings. The van der Waals surface area contributed by atoms with Crippen molar-refractivity contribution in [1.29, 1.82) is 0 Å². The molecule has 38 heavy (non-hydrogen) atoms. The highest BCUT2D eigenvalue weighted by Crippen LogP contribution is 2.39. The largest absolute Gasteiger partial charge is 0.444 e. The SMILES string of the molecule is C[C@@H]1CN(c2ncnc3c2c(-c2ccccc2F)cn3-c2cc(Cl)ccn2)[C@@H](C)CN1C(=O)OC(C)(C)C. The number of anilines is 1. The van der Waals surface area contributed by atoms with Crippen LogP contribution in [0.25, 0.3) is 28.0 Å². The highest BCUT2D eigenvalue weighted by Gasteiger charge is 2.36. The number of hydrogen-bond acceptors (Lipinski definition) is 6. The van der Waals surface area contributed by atoms with Crippen LogP contribution in [-0.2, 0) is 4.74 Å². The Morgan fingerprint density at radius 2 is 1.82 bits per heavy atom. The third kappa shape index (κ3) is 4.90. The number of halogens is 2. The molecule has 1 fully saturated rings. The number of hydrogen-bond donors (Lipinski definition) is 0. The van der Waals surface area contributed by atoms with Crippen molar-refractivity contribution in [1.82, 2.24) is 24.4 Å². The molecule has 0 spiro atoms. The van der Waals surface area contributed by atoms with E-state index in [1.807, 2.05) is 40.8 Å². The number of aromatic nitrogens is 4. The van der Waals surface area contributed by atoms with Crippen molar-refractivity contribution in [2.75, 3.05) is 18.0 Å². The fourth-order valence-electron chi connectivity index (χ4n) is 4.84. The molecule has 5 rings (SSSR count). The lowest BCUT2D eigenvalue weighted by atomic mass is 10.0. The Morgan fingerprint density at radius 3 is 2.53 bits per heavy atom. The van der Waals surface area contributed by atoms with E-state index in [0.717, 1.165) is 0 Å². The van der Waals surface area contributed by atoms with E-state index in [2.05, 4.69) is 19.9 Å². The van der Waals surface area contributed by atoms with Gasteiger partial charge in [-0.15, -0.1) is 0 Å². The zero-order valence-electron chi connectivity index (χ0n) is 22.0.